The highest BCUT2D eigenvalue weighted by Crippen LogP contribution is 2.12. The second-order valence-corrected chi connectivity index (χ2v) is 3.40. The molecule has 2 N–H and O–H groups in total. The van der Waals surface area contributed by atoms with Crippen LogP contribution in [0.2, 0.25) is 0 Å². The van der Waals surface area contributed by atoms with Gasteiger partial charge in [-0.3, -0.25) is 4.79 Å². The number of aromatic nitrogens is 3. The molecule has 0 aliphatic carbocycles. The van der Waals surface area contributed by atoms with E-state index in [0.717, 1.165) is 19.4 Å². The minimum absolute atomic E-state index is 0.0776. The first-order chi connectivity index (χ1) is 7.75. The molecular formula is C9H12N4O3. The van der Waals surface area contributed by atoms with Crippen LogP contribution >= 0.6 is 0 Å². The summed E-state index contributed by atoms with van der Waals surface area (Å²) in [5.41, 5.74) is 5.03. The van der Waals surface area contributed by atoms with Gasteiger partial charge in [-0.15, -0.1) is 0 Å². The van der Waals surface area contributed by atoms with Crippen LogP contribution in [0, 0.1) is 0 Å². The van der Waals surface area contributed by atoms with Crippen LogP contribution in [0.25, 0.3) is 0 Å². The molecule has 16 heavy (non-hydrogen) atoms. The maximum atomic E-state index is 10.8. The number of nitrogens with two attached hydrogens (primary N) is 1. The molecule has 0 saturated carbocycles. The van der Waals surface area contributed by atoms with Gasteiger partial charge in [-0.25, -0.2) is 4.98 Å². The monoisotopic (exact) mass is 224 g/mol. The third-order valence-electron chi connectivity index (χ3n) is 2.19. The summed E-state index contributed by atoms with van der Waals surface area (Å²) < 4.78 is 10.7. The Morgan fingerprint density at radius 3 is 3.19 bits per heavy atom. The molecule has 2 rings (SSSR count). The quantitative estimate of drug-likeness (QED) is 0.741. The van der Waals surface area contributed by atoms with Crippen LogP contribution < -0.4 is 10.5 Å². The van der Waals surface area contributed by atoms with Gasteiger partial charge < -0.3 is 15.2 Å². The molecule has 1 aromatic heterocycles. The van der Waals surface area contributed by atoms with Gasteiger partial charge >= 0.3 is 6.01 Å². The molecule has 1 aliphatic rings. The predicted molar refractivity (Wildman–Crippen MR) is 52.8 cm³/mol. The molecule has 1 aromatic rings. The van der Waals surface area contributed by atoms with Crippen LogP contribution in [-0.4, -0.2) is 40.2 Å². The summed E-state index contributed by atoms with van der Waals surface area (Å²) in [5.74, 6) is -0.804. The van der Waals surface area contributed by atoms with E-state index in [-0.39, 0.29) is 17.9 Å². The Morgan fingerprint density at radius 1 is 1.62 bits per heavy atom. The molecule has 0 unspecified atom stereocenters. The maximum absolute atomic E-state index is 10.8. The molecular weight excluding hydrogens is 212 g/mol. The van der Waals surface area contributed by atoms with Crippen LogP contribution in [-0.2, 0) is 4.74 Å². The SMILES string of the molecule is NC(=O)c1ncnc(OC[C@H]2CCCO2)n1. The normalized spacial score (nSPS) is 19.6. The van der Waals surface area contributed by atoms with Crippen LogP contribution in [0.4, 0.5) is 0 Å². The molecule has 2 heterocycles. The van der Waals surface area contributed by atoms with Crippen molar-refractivity contribution in [2.45, 2.75) is 18.9 Å². The number of amides is 1. The first kappa shape index (κ1) is 10.7. The Kier molecular flexibility index (Phi) is 3.25. The maximum Gasteiger partial charge on any atom is 0.320 e. The van der Waals surface area contributed by atoms with E-state index in [2.05, 4.69) is 15.0 Å². The lowest BCUT2D eigenvalue weighted by molar-refractivity contribution is 0.0642. The summed E-state index contributed by atoms with van der Waals surface area (Å²) in [4.78, 5) is 21.9. The molecule has 1 saturated heterocycles. The predicted octanol–water partition coefficient (Wildman–Crippen LogP) is -0.472. The van der Waals surface area contributed by atoms with Crippen molar-refractivity contribution in [1.82, 2.24) is 15.0 Å². The van der Waals surface area contributed by atoms with E-state index < -0.39 is 5.91 Å². The highest BCUT2D eigenvalue weighted by molar-refractivity contribution is 5.88. The van der Waals surface area contributed by atoms with E-state index in [1.807, 2.05) is 0 Å². The lowest BCUT2D eigenvalue weighted by atomic mass is 10.2. The number of primary amides is 1. The fourth-order valence-corrected chi connectivity index (χ4v) is 1.41. The third-order valence-corrected chi connectivity index (χ3v) is 2.19. The lowest BCUT2D eigenvalue weighted by Crippen LogP contribution is -2.19. The van der Waals surface area contributed by atoms with Crippen molar-refractivity contribution in [1.29, 1.82) is 0 Å². The van der Waals surface area contributed by atoms with Gasteiger partial charge in [0, 0.05) is 6.61 Å². The summed E-state index contributed by atoms with van der Waals surface area (Å²) in [6.07, 6.45) is 3.28. The number of ether oxygens (including phenoxy) is 2. The summed E-state index contributed by atoms with van der Waals surface area (Å²) in [5, 5.41) is 0. The summed E-state index contributed by atoms with van der Waals surface area (Å²) in [6, 6.07) is 0.0966. The van der Waals surface area contributed by atoms with E-state index in [9.17, 15) is 4.79 Å². The molecule has 0 spiro atoms. The topological polar surface area (TPSA) is 100 Å². The zero-order chi connectivity index (χ0) is 11.4. The number of hydrogen-bond acceptors (Lipinski definition) is 6. The van der Waals surface area contributed by atoms with Crippen molar-refractivity contribution in [3.05, 3.63) is 12.2 Å². The highest BCUT2D eigenvalue weighted by atomic mass is 16.5. The zero-order valence-corrected chi connectivity index (χ0v) is 8.63. The van der Waals surface area contributed by atoms with E-state index in [0.29, 0.717) is 6.61 Å². The lowest BCUT2D eigenvalue weighted by Gasteiger charge is -2.09. The second kappa shape index (κ2) is 4.84. The molecule has 86 valence electrons. The fourth-order valence-electron chi connectivity index (χ4n) is 1.41. The Hall–Kier alpha value is -1.76. The van der Waals surface area contributed by atoms with Gasteiger partial charge in [0.1, 0.15) is 12.9 Å². The number of rotatable bonds is 4. The molecule has 1 aliphatic heterocycles. The molecule has 7 heteroatoms. The van der Waals surface area contributed by atoms with Crippen LogP contribution in [0.1, 0.15) is 23.5 Å². The third kappa shape index (κ3) is 2.63. The first-order valence-electron chi connectivity index (χ1n) is 4.99. The number of nitrogens with zero attached hydrogens (tertiary/aromatic N) is 3. The minimum atomic E-state index is -0.704. The zero-order valence-electron chi connectivity index (χ0n) is 8.63. The van der Waals surface area contributed by atoms with E-state index >= 15 is 0 Å². The average molecular weight is 224 g/mol. The Labute approximate surface area is 92.0 Å². The van der Waals surface area contributed by atoms with Crippen molar-refractivity contribution in [3.8, 4) is 6.01 Å². The van der Waals surface area contributed by atoms with Gasteiger partial charge in [0.2, 0.25) is 5.82 Å². The van der Waals surface area contributed by atoms with Crippen LogP contribution in [0.5, 0.6) is 6.01 Å². The van der Waals surface area contributed by atoms with Gasteiger partial charge in [0.15, 0.2) is 0 Å². The minimum Gasteiger partial charge on any atom is -0.461 e. The molecule has 0 bridgehead atoms. The van der Waals surface area contributed by atoms with E-state index in [1.165, 1.54) is 6.33 Å². The average Bonchev–Trinajstić information content (AvgIpc) is 2.79. The molecule has 1 atom stereocenters. The van der Waals surface area contributed by atoms with E-state index in [1.54, 1.807) is 0 Å². The van der Waals surface area contributed by atoms with Crippen molar-refractivity contribution >= 4 is 5.91 Å². The summed E-state index contributed by atoms with van der Waals surface area (Å²) in [7, 11) is 0. The first-order valence-corrected chi connectivity index (χ1v) is 4.99. The second-order valence-electron chi connectivity index (χ2n) is 3.40. The standard InChI is InChI=1S/C9H12N4O3/c10-7(14)8-11-5-12-9(13-8)16-4-6-2-1-3-15-6/h5-6H,1-4H2,(H2,10,14)/t6-/m1/s1. The van der Waals surface area contributed by atoms with Gasteiger partial charge in [0.25, 0.3) is 5.91 Å². The number of hydrogen-bond donors (Lipinski definition) is 1. The Bertz CT molecular complexity index is 379. The van der Waals surface area contributed by atoms with Gasteiger partial charge in [0.05, 0.1) is 6.10 Å². The Balaban J connectivity index is 1.93. The highest BCUT2D eigenvalue weighted by Gasteiger charge is 2.17. The van der Waals surface area contributed by atoms with Crippen LogP contribution in [0.3, 0.4) is 0 Å². The van der Waals surface area contributed by atoms with E-state index in [4.69, 9.17) is 15.2 Å². The molecule has 7 nitrogen and oxygen atoms in total. The molecule has 0 aromatic carbocycles. The number of carbonyl (C=O) groups excluding carboxylic acids is 1. The Morgan fingerprint density at radius 2 is 2.50 bits per heavy atom. The smallest absolute Gasteiger partial charge is 0.320 e. The van der Waals surface area contributed by atoms with Crippen molar-refractivity contribution < 1.29 is 14.3 Å². The van der Waals surface area contributed by atoms with Crippen molar-refractivity contribution in [2.75, 3.05) is 13.2 Å². The fraction of sp³-hybridized carbons (Fsp3) is 0.556. The molecule has 1 fully saturated rings. The van der Waals surface area contributed by atoms with Crippen LogP contribution in [0.15, 0.2) is 6.33 Å². The van der Waals surface area contributed by atoms with Gasteiger partial charge in [-0.2, -0.15) is 9.97 Å². The summed E-state index contributed by atoms with van der Waals surface area (Å²) in [6.45, 7) is 1.14. The molecule has 0 radical (unpaired) electrons. The largest absolute Gasteiger partial charge is 0.461 e. The number of carbonyl (C=O) groups is 1. The van der Waals surface area contributed by atoms with Crippen molar-refractivity contribution in [3.63, 3.8) is 0 Å². The van der Waals surface area contributed by atoms with Crippen molar-refractivity contribution in [2.24, 2.45) is 5.73 Å². The van der Waals surface area contributed by atoms with Gasteiger partial charge in [-0.1, -0.05) is 0 Å². The summed E-state index contributed by atoms with van der Waals surface area (Å²) >= 11 is 0. The van der Waals surface area contributed by atoms with Gasteiger partial charge in [-0.05, 0) is 12.8 Å². The molecule has 1 amide bonds.